The molecule has 0 spiro atoms. The summed E-state index contributed by atoms with van der Waals surface area (Å²) in [7, 11) is 1.40. The zero-order chi connectivity index (χ0) is 11.1. The fourth-order valence-electron chi connectivity index (χ4n) is 1.10. The number of rotatable bonds is 6. The van der Waals surface area contributed by atoms with E-state index in [-0.39, 0.29) is 5.97 Å². The lowest BCUT2D eigenvalue weighted by Crippen LogP contribution is -2.18. The van der Waals surface area contributed by atoms with Crippen molar-refractivity contribution in [2.75, 3.05) is 13.7 Å². The minimum Gasteiger partial charge on any atom is -0.469 e. The molecule has 4 nitrogen and oxygen atoms in total. The Balaban J connectivity index is 2.17. The second-order valence-corrected chi connectivity index (χ2v) is 4.03. The summed E-state index contributed by atoms with van der Waals surface area (Å²) in [5, 5.41) is 6.35. The van der Waals surface area contributed by atoms with Crippen LogP contribution < -0.4 is 5.32 Å². The van der Waals surface area contributed by atoms with Crippen LogP contribution in [0.25, 0.3) is 0 Å². The van der Waals surface area contributed by atoms with E-state index in [0.717, 1.165) is 17.1 Å². The van der Waals surface area contributed by atoms with Crippen molar-refractivity contribution in [3.8, 4) is 0 Å². The first-order chi connectivity index (χ1) is 7.26. The Morgan fingerprint density at radius 2 is 2.47 bits per heavy atom. The lowest BCUT2D eigenvalue weighted by molar-refractivity contribution is -0.140. The van der Waals surface area contributed by atoms with Crippen LogP contribution in [0.5, 0.6) is 0 Å². The summed E-state index contributed by atoms with van der Waals surface area (Å²) >= 11 is 1.68. The van der Waals surface area contributed by atoms with Gasteiger partial charge in [0.15, 0.2) is 0 Å². The van der Waals surface area contributed by atoms with Gasteiger partial charge in [-0.25, -0.2) is 4.98 Å². The third-order valence-corrected chi connectivity index (χ3v) is 2.98. The molecule has 0 amide bonds. The Kier molecular flexibility index (Phi) is 5.28. The first-order valence-corrected chi connectivity index (χ1v) is 5.85. The van der Waals surface area contributed by atoms with Crippen LogP contribution >= 0.6 is 11.3 Å². The van der Waals surface area contributed by atoms with Crippen molar-refractivity contribution in [1.29, 1.82) is 0 Å². The molecule has 0 radical (unpaired) electrons. The summed E-state index contributed by atoms with van der Waals surface area (Å²) < 4.78 is 4.53. The van der Waals surface area contributed by atoms with Gasteiger partial charge < -0.3 is 10.1 Å². The van der Waals surface area contributed by atoms with Crippen LogP contribution in [0.15, 0.2) is 5.38 Å². The zero-order valence-corrected chi connectivity index (χ0v) is 9.89. The molecule has 0 fully saturated rings. The third-order valence-electron chi connectivity index (χ3n) is 1.94. The van der Waals surface area contributed by atoms with Gasteiger partial charge in [0.2, 0.25) is 0 Å². The minimum atomic E-state index is -0.185. The van der Waals surface area contributed by atoms with E-state index in [1.54, 1.807) is 11.3 Å². The van der Waals surface area contributed by atoms with E-state index < -0.39 is 0 Å². The van der Waals surface area contributed by atoms with E-state index >= 15 is 0 Å². The van der Waals surface area contributed by atoms with E-state index in [0.29, 0.717) is 19.5 Å². The maximum atomic E-state index is 10.8. The molecular formula is C10H16N2O2S. The Labute approximate surface area is 93.7 Å². The summed E-state index contributed by atoms with van der Waals surface area (Å²) in [5.41, 5.74) is 1.04. The number of thiazole rings is 1. The molecule has 1 aromatic heterocycles. The highest BCUT2D eigenvalue weighted by atomic mass is 32.1. The molecule has 0 bridgehead atoms. The number of aromatic nitrogens is 1. The summed E-state index contributed by atoms with van der Waals surface area (Å²) in [5.74, 6) is -0.185. The number of carbonyl (C=O) groups excluding carboxylic acids is 1. The summed E-state index contributed by atoms with van der Waals surface area (Å²) in [6, 6.07) is 0. The lowest BCUT2D eigenvalue weighted by atomic mass is 10.4. The molecule has 15 heavy (non-hydrogen) atoms. The number of esters is 1. The normalized spacial score (nSPS) is 10.3. The van der Waals surface area contributed by atoms with Crippen LogP contribution in [-0.2, 0) is 22.5 Å². The second-order valence-electron chi connectivity index (χ2n) is 3.09. The number of nitrogens with one attached hydrogen (secondary N) is 1. The van der Waals surface area contributed by atoms with Crippen molar-refractivity contribution in [3.63, 3.8) is 0 Å². The number of aryl methyl sites for hydroxylation is 1. The van der Waals surface area contributed by atoms with E-state index in [9.17, 15) is 4.79 Å². The van der Waals surface area contributed by atoms with Crippen molar-refractivity contribution in [2.24, 2.45) is 0 Å². The molecule has 0 aliphatic carbocycles. The number of carbonyl (C=O) groups is 1. The number of methoxy groups -OCH3 is 1. The van der Waals surface area contributed by atoms with Crippen molar-refractivity contribution in [1.82, 2.24) is 10.3 Å². The number of hydrogen-bond acceptors (Lipinski definition) is 5. The standard InChI is InChI=1S/C10H16N2O2S/c1-3-9-12-8(7-15-9)6-11-5-4-10(13)14-2/h7,11H,3-6H2,1-2H3. The predicted molar refractivity (Wildman–Crippen MR) is 59.8 cm³/mol. The summed E-state index contributed by atoms with van der Waals surface area (Å²) in [6.07, 6.45) is 1.38. The molecule has 5 heteroatoms. The molecule has 0 aliphatic rings. The largest absolute Gasteiger partial charge is 0.469 e. The fraction of sp³-hybridized carbons (Fsp3) is 0.600. The van der Waals surface area contributed by atoms with Gasteiger partial charge in [-0.3, -0.25) is 4.79 Å². The van der Waals surface area contributed by atoms with Gasteiger partial charge in [-0.1, -0.05) is 6.92 Å². The highest BCUT2D eigenvalue weighted by molar-refractivity contribution is 7.09. The molecule has 1 N–H and O–H groups in total. The number of hydrogen-bond donors (Lipinski definition) is 1. The number of nitrogens with zero attached hydrogens (tertiary/aromatic N) is 1. The SMILES string of the molecule is CCc1nc(CNCCC(=O)OC)cs1. The fourth-order valence-corrected chi connectivity index (χ4v) is 1.85. The molecule has 84 valence electrons. The van der Waals surface area contributed by atoms with Crippen LogP contribution in [0, 0.1) is 0 Å². The predicted octanol–water partition coefficient (Wildman–Crippen LogP) is 1.36. The zero-order valence-electron chi connectivity index (χ0n) is 9.08. The molecule has 0 aromatic carbocycles. The van der Waals surface area contributed by atoms with Crippen LogP contribution in [0.1, 0.15) is 24.0 Å². The average molecular weight is 228 g/mol. The van der Waals surface area contributed by atoms with E-state index in [1.165, 1.54) is 7.11 Å². The van der Waals surface area contributed by atoms with Gasteiger partial charge in [-0.15, -0.1) is 11.3 Å². The summed E-state index contributed by atoms with van der Waals surface area (Å²) in [4.78, 5) is 15.2. The maximum Gasteiger partial charge on any atom is 0.306 e. The monoisotopic (exact) mass is 228 g/mol. The smallest absolute Gasteiger partial charge is 0.306 e. The van der Waals surface area contributed by atoms with Gasteiger partial charge in [0, 0.05) is 18.5 Å². The first kappa shape index (κ1) is 12.1. The third kappa shape index (κ3) is 4.40. The Hall–Kier alpha value is -0.940. The van der Waals surface area contributed by atoms with Gasteiger partial charge in [-0.2, -0.15) is 0 Å². The van der Waals surface area contributed by atoms with Crippen LogP contribution in [0.4, 0.5) is 0 Å². The second kappa shape index (κ2) is 6.53. The quantitative estimate of drug-likeness (QED) is 0.590. The van der Waals surface area contributed by atoms with Gasteiger partial charge >= 0.3 is 5.97 Å². The Bertz CT molecular complexity index is 312. The molecule has 0 saturated heterocycles. The van der Waals surface area contributed by atoms with E-state index in [4.69, 9.17) is 0 Å². The van der Waals surface area contributed by atoms with Crippen molar-refractivity contribution < 1.29 is 9.53 Å². The van der Waals surface area contributed by atoms with Crippen molar-refractivity contribution in [3.05, 3.63) is 16.1 Å². The molecule has 0 saturated carbocycles. The van der Waals surface area contributed by atoms with Crippen LogP contribution in [0.2, 0.25) is 0 Å². The van der Waals surface area contributed by atoms with Gasteiger partial charge in [0.25, 0.3) is 0 Å². The molecule has 1 heterocycles. The van der Waals surface area contributed by atoms with Crippen LogP contribution in [-0.4, -0.2) is 24.6 Å². The van der Waals surface area contributed by atoms with Crippen molar-refractivity contribution in [2.45, 2.75) is 26.3 Å². The molecule has 0 aliphatic heterocycles. The van der Waals surface area contributed by atoms with Gasteiger partial charge in [-0.05, 0) is 6.42 Å². The topological polar surface area (TPSA) is 51.2 Å². The average Bonchev–Trinajstić information content (AvgIpc) is 2.72. The number of ether oxygens (including phenoxy) is 1. The highest BCUT2D eigenvalue weighted by Gasteiger charge is 2.01. The summed E-state index contributed by atoms with van der Waals surface area (Å²) in [6.45, 7) is 3.44. The molecule has 0 atom stereocenters. The minimum absolute atomic E-state index is 0.185. The van der Waals surface area contributed by atoms with Gasteiger partial charge in [0.1, 0.15) is 0 Å². The van der Waals surface area contributed by atoms with Crippen molar-refractivity contribution >= 4 is 17.3 Å². The lowest BCUT2D eigenvalue weighted by Gasteiger charge is -2.00. The van der Waals surface area contributed by atoms with E-state index in [2.05, 4.69) is 22.0 Å². The molecule has 1 rings (SSSR count). The Morgan fingerprint density at radius 3 is 3.07 bits per heavy atom. The molecular weight excluding hydrogens is 212 g/mol. The first-order valence-electron chi connectivity index (χ1n) is 4.97. The van der Waals surface area contributed by atoms with Crippen LogP contribution in [0.3, 0.4) is 0 Å². The van der Waals surface area contributed by atoms with Gasteiger partial charge in [0.05, 0.1) is 24.2 Å². The molecule has 0 unspecified atom stereocenters. The Morgan fingerprint density at radius 1 is 1.67 bits per heavy atom. The molecule has 1 aromatic rings. The maximum absolute atomic E-state index is 10.8. The highest BCUT2D eigenvalue weighted by Crippen LogP contribution is 2.09. The van der Waals surface area contributed by atoms with E-state index in [1.807, 2.05) is 5.38 Å².